The van der Waals surface area contributed by atoms with E-state index >= 15 is 0 Å². The predicted octanol–water partition coefficient (Wildman–Crippen LogP) is 3.72. The number of nitrogens with zero attached hydrogens (tertiary/aromatic N) is 4. The summed E-state index contributed by atoms with van der Waals surface area (Å²) in [5.74, 6) is 2.26. The monoisotopic (exact) mass is 377 g/mol. The van der Waals surface area contributed by atoms with Crippen LogP contribution in [0.4, 0.5) is 0 Å². The van der Waals surface area contributed by atoms with Gasteiger partial charge in [0.2, 0.25) is 0 Å². The Balaban J connectivity index is 1.46. The fraction of sp³-hybridized carbons (Fsp3) is 0.250. The van der Waals surface area contributed by atoms with Crippen LogP contribution >= 0.6 is 0 Å². The third-order valence-corrected chi connectivity index (χ3v) is 6.34. The first kappa shape index (κ1) is 16.4. The third kappa shape index (κ3) is 3.30. The number of rotatable bonds is 6. The fourth-order valence-corrected chi connectivity index (χ4v) is 4.49. The van der Waals surface area contributed by atoms with Gasteiger partial charge in [0, 0.05) is 34.8 Å². The van der Waals surface area contributed by atoms with Crippen molar-refractivity contribution in [3.8, 4) is 17.1 Å². The molecule has 27 heavy (non-hydrogen) atoms. The average molecular weight is 377 g/mol. The minimum Gasteiger partial charge on any atom is -0.301 e. The second-order valence-electron chi connectivity index (χ2n) is 6.94. The van der Waals surface area contributed by atoms with Gasteiger partial charge in [-0.3, -0.25) is 9.31 Å². The van der Waals surface area contributed by atoms with E-state index in [0.717, 1.165) is 51.1 Å². The van der Waals surface area contributed by atoms with Crippen LogP contribution in [-0.2, 0) is 10.8 Å². The Morgan fingerprint density at radius 3 is 2.93 bits per heavy atom. The van der Waals surface area contributed by atoms with Gasteiger partial charge in [-0.1, -0.05) is 25.0 Å². The zero-order chi connectivity index (χ0) is 18.2. The van der Waals surface area contributed by atoms with E-state index in [9.17, 15) is 4.21 Å². The molecule has 1 aliphatic carbocycles. The lowest BCUT2D eigenvalue weighted by atomic mass is 10.2. The lowest BCUT2D eigenvalue weighted by Gasteiger charge is -2.07. The molecule has 3 aromatic heterocycles. The maximum Gasteiger partial charge on any atom is 0.155 e. The molecule has 7 heteroatoms. The van der Waals surface area contributed by atoms with Crippen molar-refractivity contribution in [3.63, 3.8) is 0 Å². The Morgan fingerprint density at radius 1 is 1.19 bits per heavy atom. The van der Waals surface area contributed by atoms with Gasteiger partial charge in [-0.15, -0.1) is 0 Å². The van der Waals surface area contributed by atoms with Crippen LogP contribution < -0.4 is 0 Å². The maximum atomic E-state index is 12.5. The Morgan fingerprint density at radius 2 is 2.11 bits per heavy atom. The average Bonchev–Trinajstić information content (AvgIpc) is 3.19. The van der Waals surface area contributed by atoms with Crippen LogP contribution in [0.1, 0.15) is 19.3 Å². The SMILES string of the molecule is O=[S@@](CCC1CC1)c1cnc2c(ccn2-c2cccc(-c3ncn[nH]3)c2)c1. The lowest BCUT2D eigenvalue weighted by Crippen LogP contribution is -2.00. The summed E-state index contributed by atoms with van der Waals surface area (Å²) in [4.78, 5) is 9.63. The third-order valence-electron chi connectivity index (χ3n) is 4.99. The molecule has 1 N–H and O–H groups in total. The van der Waals surface area contributed by atoms with E-state index in [1.807, 2.05) is 47.2 Å². The summed E-state index contributed by atoms with van der Waals surface area (Å²) in [5.41, 5.74) is 2.81. The Kier molecular flexibility index (Phi) is 4.09. The van der Waals surface area contributed by atoms with Crippen LogP contribution in [-0.4, -0.2) is 34.7 Å². The number of H-pyrrole nitrogens is 1. The molecule has 6 nitrogen and oxygen atoms in total. The number of aromatic amines is 1. The van der Waals surface area contributed by atoms with Crippen LogP contribution in [0.3, 0.4) is 0 Å². The highest BCUT2D eigenvalue weighted by atomic mass is 32.2. The molecule has 0 saturated heterocycles. The lowest BCUT2D eigenvalue weighted by molar-refractivity contribution is 0.676. The van der Waals surface area contributed by atoms with Gasteiger partial charge in [0.15, 0.2) is 5.82 Å². The summed E-state index contributed by atoms with van der Waals surface area (Å²) in [7, 11) is -0.970. The quantitative estimate of drug-likeness (QED) is 0.556. The molecule has 1 aromatic carbocycles. The molecule has 0 aliphatic heterocycles. The summed E-state index contributed by atoms with van der Waals surface area (Å²) in [6.07, 6.45) is 8.89. The van der Waals surface area contributed by atoms with E-state index in [-0.39, 0.29) is 0 Å². The Labute approximate surface area is 159 Å². The minimum atomic E-state index is -0.970. The van der Waals surface area contributed by atoms with Gasteiger partial charge < -0.3 is 4.57 Å². The van der Waals surface area contributed by atoms with Gasteiger partial charge >= 0.3 is 0 Å². The summed E-state index contributed by atoms with van der Waals surface area (Å²) < 4.78 is 14.6. The number of aromatic nitrogens is 5. The first-order chi connectivity index (χ1) is 13.3. The highest BCUT2D eigenvalue weighted by Crippen LogP contribution is 2.33. The van der Waals surface area contributed by atoms with E-state index < -0.39 is 10.8 Å². The van der Waals surface area contributed by atoms with Crippen molar-refractivity contribution in [2.24, 2.45) is 5.92 Å². The predicted molar refractivity (Wildman–Crippen MR) is 105 cm³/mol. The zero-order valence-electron chi connectivity index (χ0n) is 14.7. The van der Waals surface area contributed by atoms with E-state index in [2.05, 4.69) is 20.2 Å². The van der Waals surface area contributed by atoms with Crippen LogP contribution in [0.5, 0.6) is 0 Å². The summed E-state index contributed by atoms with van der Waals surface area (Å²) in [6, 6.07) is 12.1. The molecule has 0 amide bonds. The van der Waals surface area contributed by atoms with Gasteiger partial charge in [-0.05, 0) is 36.6 Å². The number of nitrogens with one attached hydrogen (secondary N) is 1. The zero-order valence-corrected chi connectivity index (χ0v) is 15.5. The molecule has 0 radical (unpaired) electrons. The van der Waals surface area contributed by atoms with Gasteiger partial charge in [0.05, 0.1) is 15.7 Å². The Bertz CT molecular complexity index is 1110. The standard InChI is InChI=1S/C20H19N5OS/c26-27(9-7-14-4-5-14)18-11-16-6-8-25(20(16)21-12-18)17-3-1-2-15(10-17)19-22-13-23-24-19/h1-3,6,8,10-14H,4-5,7,9H2,(H,22,23,24)/t27-/m0/s1. The van der Waals surface area contributed by atoms with Gasteiger partial charge in [-0.25, -0.2) is 9.97 Å². The van der Waals surface area contributed by atoms with Crippen LogP contribution in [0.25, 0.3) is 28.1 Å². The van der Waals surface area contributed by atoms with Crippen molar-refractivity contribution < 1.29 is 4.21 Å². The molecule has 1 fully saturated rings. The van der Waals surface area contributed by atoms with Gasteiger partial charge in [0.25, 0.3) is 0 Å². The van der Waals surface area contributed by atoms with E-state index in [0.29, 0.717) is 0 Å². The molecule has 5 rings (SSSR count). The highest BCUT2D eigenvalue weighted by Gasteiger charge is 2.22. The van der Waals surface area contributed by atoms with Crippen molar-refractivity contribution in [3.05, 3.63) is 55.1 Å². The summed E-state index contributed by atoms with van der Waals surface area (Å²) >= 11 is 0. The van der Waals surface area contributed by atoms with Crippen molar-refractivity contribution in [2.75, 3.05) is 5.75 Å². The molecular weight excluding hydrogens is 358 g/mol. The molecule has 0 bridgehead atoms. The molecule has 3 heterocycles. The largest absolute Gasteiger partial charge is 0.301 e. The fourth-order valence-electron chi connectivity index (χ4n) is 3.28. The topological polar surface area (TPSA) is 76.5 Å². The first-order valence-corrected chi connectivity index (χ1v) is 10.4. The molecular formula is C20H19N5OS. The molecule has 1 aliphatic rings. The first-order valence-electron chi connectivity index (χ1n) is 9.09. The Hall–Kier alpha value is -2.80. The van der Waals surface area contributed by atoms with Gasteiger partial charge in [0.1, 0.15) is 12.0 Å². The normalized spacial score (nSPS) is 15.3. The van der Waals surface area contributed by atoms with E-state index in [1.54, 1.807) is 6.20 Å². The molecule has 1 saturated carbocycles. The van der Waals surface area contributed by atoms with Crippen molar-refractivity contribution >= 4 is 21.8 Å². The van der Waals surface area contributed by atoms with Crippen molar-refractivity contribution in [1.82, 2.24) is 24.7 Å². The van der Waals surface area contributed by atoms with Crippen LogP contribution in [0.15, 0.2) is 60.0 Å². The maximum absolute atomic E-state index is 12.5. The van der Waals surface area contributed by atoms with Crippen LogP contribution in [0.2, 0.25) is 0 Å². The van der Waals surface area contributed by atoms with Crippen molar-refractivity contribution in [1.29, 1.82) is 0 Å². The molecule has 0 unspecified atom stereocenters. The summed E-state index contributed by atoms with van der Waals surface area (Å²) in [6.45, 7) is 0. The number of hydrogen-bond donors (Lipinski definition) is 1. The number of hydrogen-bond acceptors (Lipinski definition) is 4. The van der Waals surface area contributed by atoms with Crippen LogP contribution in [0, 0.1) is 5.92 Å². The van der Waals surface area contributed by atoms with Gasteiger partial charge in [-0.2, -0.15) is 5.10 Å². The smallest absolute Gasteiger partial charge is 0.155 e. The van der Waals surface area contributed by atoms with E-state index in [4.69, 9.17) is 0 Å². The number of fused-ring (bicyclic) bond motifs is 1. The number of pyridine rings is 1. The second-order valence-corrected chi connectivity index (χ2v) is 8.51. The molecule has 1 atom stereocenters. The highest BCUT2D eigenvalue weighted by molar-refractivity contribution is 7.85. The molecule has 0 spiro atoms. The molecule has 136 valence electrons. The molecule has 4 aromatic rings. The van der Waals surface area contributed by atoms with E-state index in [1.165, 1.54) is 19.2 Å². The summed E-state index contributed by atoms with van der Waals surface area (Å²) in [5, 5.41) is 7.80. The minimum absolute atomic E-state index is 0.731. The number of benzene rings is 1. The second kappa shape index (κ2) is 6.74. The van der Waals surface area contributed by atoms with Crippen molar-refractivity contribution in [2.45, 2.75) is 24.2 Å².